The third-order valence-electron chi connectivity index (χ3n) is 2.61. The maximum atomic E-state index is 12.0. The minimum Gasteiger partial charge on any atom is -0.389 e. The van der Waals surface area contributed by atoms with Crippen LogP contribution in [0.1, 0.15) is 13.3 Å². The van der Waals surface area contributed by atoms with Gasteiger partial charge in [-0.2, -0.15) is 0 Å². The Morgan fingerprint density at radius 3 is 2.47 bits per heavy atom. The molecule has 0 spiro atoms. The SMILES string of the molecule is COCCC(C)(O)CNS(=O)(=O)c1ccc(Cl)cc1. The van der Waals surface area contributed by atoms with Gasteiger partial charge in [-0.3, -0.25) is 0 Å². The van der Waals surface area contributed by atoms with E-state index >= 15 is 0 Å². The predicted octanol–water partition coefficient (Wildman–Crippen LogP) is 1.41. The molecule has 0 aliphatic rings. The Labute approximate surface area is 118 Å². The summed E-state index contributed by atoms with van der Waals surface area (Å²) in [6.07, 6.45) is 0.340. The Kier molecular flexibility index (Phi) is 5.76. The van der Waals surface area contributed by atoms with E-state index in [0.29, 0.717) is 18.1 Å². The Balaban J connectivity index is 2.68. The molecule has 0 saturated heterocycles. The molecule has 1 atom stereocenters. The number of benzene rings is 1. The highest BCUT2D eigenvalue weighted by atomic mass is 35.5. The Morgan fingerprint density at radius 2 is 1.95 bits per heavy atom. The van der Waals surface area contributed by atoms with E-state index in [1.807, 2.05) is 0 Å². The van der Waals surface area contributed by atoms with Crippen LogP contribution < -0.4 is 4.72 Å². The fourth-order valence-corrected chi connectivity index (χ4v) is 2.65. The average Bonchev–Trinajstić information content (AvgIpc) is 2.35. The molecule has 1 rings (SSSR count). The van der Waals surface area contributed by atoms with Crippen LogP contribution in [0.15, 0.2) is 29.2 Å². The van der Waals surface area contributed by atoms with E-state index in [4.69, 9.17) is 16.3 Å². The van der Waals surface area contributed by atoms with Gasteiger partial charge in [0, 0.05) is 31.7 Å². The summed E-state index contributed by atoms with van der Waals surface area (Å²) in [4.78, 5) is 0.111. The van der Waals surface area contributed by atoms with Crippen LogP contribution in [0.2, 0.25) is 5.02 Å². The number of hydrogen-bond acceptors (Lipinski definition) is 4. The number of halogens is 1. The molecule has 0 bridgehead atoms. The quantitative estimate of drug-likeness (QED) is 0.798. The van der Waals surface area contributed by atoms with Crippen molar-refractivity contribution in [2.24, 2.45) is 0 Å². The summed E-state index contributed by atoms with van der Waals surface area (Å²) in [6.45, 7) is 1.83. The highest BCUT2D eigenvalue weighted by Crippen LogP contribution is 2.15. The molecule has 0 radical (unpaired) electrons. The largest absolute Gasteiger partial charge is 0.389 e. The molecule has 0 aromatic heterocycles. The van der Waals surface area contributed by atoms with Gasteiger partial charge in [0.15, 0.2) is 0 Å². The number of nitrogens with one attached hydrogen (secondary N) is 1. The van der Waals surface area contributed by atoms with Crippen molar-refractivity contribution in [3.8, 4) is 0 Å². The van der Waals surface area contributed by atoms with Crippen molar-refractivity contribution in [2.75, 3.05) is 20.3 Å². The van der Waals surface area contributed by atoms with Crippen molar-refractivity contribution in [2.45, 2.75) is 23.8 Å². The van der Waals surface area contributed by atoms with Crippen molar-refractivity contribution in [3.05, 3.63) is 29.3 Å². The van der Waals surface area contributed by atoms with Crippen molar-refractivity contribution >= 4 is 21.6 Å². The lowest BCUT2D eigenvalue weighted by Gasteiger charge is -2.23. The molecule has 2 N–H and O–H groups in total. The minimum atomic E-state index is -3.64. The van der Waals surface area contributed by atoms with Crippen LogP contribution in [0.4, 0.5) is 0 Å². The number of methoxy groups -OCH3 is 1. The molecule has 1 aromatic carbocycles. The first-order valence-corrected chi connectivity index (χ1v) is 7.59. The standard InChI is InChI=1S/C12H18ClNO4S/c1-12(15,7-8-18-2)9-14-19(16,17)11-5-3-10(13)4-6-11/h3-6,14-15H,7-9H2,1-2H3. The van der Waals surface area contributed by atoms with Gasteiger partial charge in [-0.15, -0.1) is 0 Å². The van der Waals surface area contributed by atoms with E-state index in [2.05, 4.69) is 4.72 Å². The molecule has 108 valence electrons. The van der Waals surface area contributed by atoms with Gasteiger partial charge < -0.3 is 9.84 Å². The molecule has 5 nitrogen and oxygen atoms in total. The number of sulfonamides is 1. The molecule has 19 heavy (non-hydrogen) atoms. The van der Waals surface area contributed by atoms with Crippen LogP contribution in [-0.4, -0.2) is 39.4 Å². The third-order valence-corrected chi connectivity index (χ3v) is 4.28. The van der Waals surface area contributed by atoms with Gasteiger partial charge >= 0.3 is 0 Å². The Bertz CT molecular complexity index is 499. The fraction of sp³-hybridized carbons (Fsp3) is 0.500. The monoisotopic (exact) mass is 307 g/mol. The van der Waals surface area contributed by atoms with Gasteiger partial charge in [0.25, 0.3) is 0 Å². The van der Waals surface area contributed by atoms with E-state index in [1.54, 1.807) is 6.92 Å². The van der Waals surface area contributed by atoms with E-state index in [0.717, 1.165) is 0 Å². The first-order valence-electron chi connectivity index (χ1n) is 5.73. The lowest BCUT2D eigenvalue weighted by Crippen LogP contribution is -2.41. The van der Waals surface area contributed by atoms with Crippen LogP contribution in [-0.2, 0) is 14.8 Å². The molecule has 0 fully saturated rings. The number of rotatable bonds is 7. The second-order valence-electron chi connectivity index (χ2n) is 4.52. The molecule has 0 saturated carbocycles. The van der Waals surface area contributed by atoms with Gasteiger partial charge in [0.1, 0.15) is 0 Å². The Morgan fingerprint density at radius 1 is 1.37 bits per heavy atom. The molecule has 7 heteroatoms. The normalized spacial score (nSPS) is 15.2. The summed E-state index contributed by atoms with van der Waals surface area (Å²) >= 11 is 5.70. The van der Waals surface area contributed by atoms with E-state index in [9.17, 15) is 13.5 Å². The number of ether oxygens (including phenoxy) is 1. The second kappa shape index (κ2) is 6.67. The predicted molar refractivity (Wildman–Crippen MR) is 73.8 cm³/mol. The lowest BCUT2D eigenvalue weighted by molar-refractivity contribution is 0.0292. The van der Waals surface area contributed by atoms with Crippen molar-refractivity contribution in [1.29, 1.82) is 0 Å². The maximum Gasteiger partial charge on any atom is 0.240 e. The minimum absolute atomic E-state index is 0.0820. The topological polar surface area (TPSA) is 75.6 Å². The van der Waals surface area contributed by atoms with Gasteiger partial charge in [0.05, 0.1) is 10.5 Å². The molecular weight excluding hydrogens is 290 g/mol. The first kappa shape index (κ1) is 16.4. The van der Waals surface area contributed by atoms with E-state index in [1.165, 1.54) is 31.4 Å². The highest BCUT2D eigenvalue weighted by Gasteiger charge is 2.23. The van der Waals surface area contributed by atoms with Crippen LogP contribution in [0.3, 0.4) is 0 Å². The van der Waals surface area contributed by atoms with Crippen LogP contribution in [0.25, 0.3) is 0 Å². The zero-order chi connectivity index (χ0) is 14.5. The summed E-state index contributed by atoms with van der Waals surface area (Å²) < 4.78 is 31.2. The summed E-state index contributed by atoms with van der Waals surface area (Å²) in [7, 11) is -2.12. The van der Waals surface area contributed by atoms with Gasteiger partial charge in [-0.25, -0.2) is 13.1 Å². The summed E-state index contributed by atoms with van der Waals surface area (Å²) in [5, 5.41) is 10.4. The fourth-order valence-electron chi connectivity index (χ4n) is 1.36. The van der Waals surface area contributed by atoms with Crippen LogP contribution >= 0.6 is 11.6 Å². The van der Waals surface area contributed by atoms with E-state index < -0.39 is 15.6 Å². The molecule has 1 unspecified atom stereocenters. The zero-order valence-electron chi connectivity index (χ0n) is 10.9. The highest BCUT2D eigenvalue weighted by molar-refractivity contribution is 7.89. The van der Waals surface area contributed by atoms with Gasteiger partial charge in [-0.1, -0.05) is 11.6 Å². The van der Waals surface area contributed by atoms with Gasteiger partial charge in [-0.05, 0) is 31.2 Å². The van der Waals surface area contributed by atoms with Crippen LogP contribution in [0, 0.1) is 0 Å². The summed E-state index contributed by atoms with van der Waals surface area (Å²) in [6, 6.07) is 5.82. The smallest absolute Gasteiger partial charge is 0.240 e. The van der Waals surface area contributed by atoms with E-state index in [-0.39, 0.29) is 11.4 Å². The molecule has 0 amide bonds. The van der Waals surface area contributed by atoms with Crippen LogP contribution in [0.5, 0.6) is 0 Å². The average molecular weight is 308 g/mol. The van der Waals surface area contributed by atoms with Gasteiger partial charge in [0.2, 0.25) is 10.0 Å². The molecular formula is C12H18ClNO4S. The summed E-state index contributed by atoms with van der Waals surface area (Å²) in [5.41, 5.74) is -1.16. The number of aliphatic hydroxyl groups is 1. The second-order valence-corrected chi connectivity index (χ2v) is 6.72. The molecule has 0 heterocycles. The maximum absolute atomic E-state index is 12.0. The molecule has 0 aliphatic carbocycles. The number of hydrogen-bond donors (Lipinski definition) is 2. The van der Waals surface area contributed by atoms with Crippen molar-refractivity contribution < 1.29 is 18.3 Å². The van der Waals surface area contributed by atoms with Crippen molar-refractivity contribution in [3.63, 3.8) is 0 Å². The summed E-state index contributed by atoms with van der Waals surface area (Å²) in [5.74, 6) is 0. The first-order chi connectivity index (χ1) is 8.77. The Hall–Kier alpha value is -0.660. The third kappa shape index (κ3) is 5.46. The zero-order valence-corrected chi connectivity index (χ0v) is 12.5. The molecule has 1 aromatic rings. The lowest BCUT2D eigenvalue weighted by atomic mass is 10.0. The van der Waals surface area contributed by atoms with Crippen molar-refractivity contribution in [1.82, 2.24) is 4.72 Å². The molecule has 0 aliphatic heterocycles.